The third kappa shape index (κ3) is 4.90. The van der Waals surface area contributed by atoms with E-state index in [-0.39, 0.29) is 5.56 Å². The van der Waals surface area contributed by atoms with Crippen LogP contribution in [0.15, 0.2) is 29.4 Å². The highest BCUT2D eigenvalue weighted by Crippen LogP contribution is 2.09. The van der Waals surface area contributed by atoms with Crippen LogP contribution in [-0.2, 0) is 0 Å². The Bertz CT molecular complexity index is 692. The van der Waals surface area contributed by atoms with Crippen LogP contribution in [0.25, 0.3) is 0 Å². The van der Waals surface area contributed by atoms with Crippen molar-refractivity contribution in [2.45, 2.75) is 13.8 Å². The van der Waals surface area contributed by atoms with E-state index >= 15 is 0 Å². The highest BCUT2D eigenvalue weighted by atomic mass is 16.4. The van der Waals surface area contributed by atoms with Gasteiger partial charge in [0.2, 0.25) is 17.8 Å². The summed E-state index contributed by atoms with van der Waals surface area (Å²) in [6.45, 7) is 5.27. The molecule has 0 aliphatic rings. The van der Waals surface area contributed by atoms with E-state index in [1.54, 1.807) is 18.3 Å². The number of nitrogens with one attached hydrogen (secondary N) is 3. The quantitative estimate of drug-likeness (QED) is 0.427. The summed E-state index contributed by atoms with van der Waals surface area (Å²) >= 11 is 0. The van der Waals surface area contributed by atoms with Gasteiger partial charge in [0.15, 0.2) is 0 Å². The van der Waals surface area contributed by atoms with Gasteiger partial charge < -0.3 is 15.7 Å². The molecule has 0 bridgehead atoms. The smallest absolute Gasteiger partial charge is 0.335 e. The lowest BCUT2D eigenvalue weighted by Crippen LogP contribution is -2.10. The lowest BCUT2D eigenvalue weighted by atomic mass is 10.1. The minimum atomic E-state index is -0.964. The molecule has 0 radical (unpaired) electrons. The maximum absolute atomic E-state index is 10.8. The van der Waals surface area contributed by atoms with Crippen LogP contribution in [0.1, 0.15) is 29.8 Å². The highest BCUT2D eigenvalue weighted by molar-refractivity contribution is 5.89. The number of carboxylic acid groups (broad SMARTS) is 1. The van der Waals surface area contributed by atoms with Crippen LogP contribution >= 0.6 is 0 Å². The second-order valence-electron chi connectivity index (χ2n) is 4.66. The van der Waals surface area contributed by atoms with Crippen LogP contribution in [0.5, 0.6) is 0 Å². The molecule has 4 N–H and O–H groups in total. The minimum absolute atomic E-state index is 0.225. The lowest BCUT2D eigenvalue weighted by Gasteiger charge is -2.07. The first kappa shape index (κ1) is 17.1. The van der Waals surface area contributed by atoms with E-state index in [1.165, 1.54) is 12.1 Å². The molecule has 0 spiro atoms. The summed E-state index contributed by atoms with van der Waals surface area (Å²) < 4.78 is 0. The summed E-state index contributed by atoms with van der Waals surface area (Å²) in [6.07, 6.45) is 1.55. The van der Waals surface area contributed by atoms with Gasteiger partial charge in [-0.3, -0.25) is 0 Å². The predicted octanol–water partition coefficient (Wildman–Crippen LogP) is 1.88. The van der Waals surface area contributed by atoms with E-state index in [2.05, 4.69) is 36.1 Å². The molecule has 2 aromatic rings. The average molecular weight is 329 g/mol. The SMILES string of the molecule is CCNc1nc(NCC)nc(N/N=C/c2ccc(C(=O)O)cc2)n1. The molecule has 0 saturated heterocycles. The Balaban J connectivity index is 2.07. The second-order valence-corrected chi connectivity index (χ2v) is 4.66. The molecule has 0 unspecified atom stereocenters. The van der Waals surface area contributed by atoms with E-state index in [0.717, 1.165) is 5.56 Å². The Morgan fingerprint density at radius 2 is 1.58 bits per heavy atom. The van der Waals surface area contributed by atoms with Crippen LogP contribution in [0, 0.1) is 0 Å². The fraction of sp³-hybridized carbons (Fsp3) is 0.267. The van der Waals surface area contributed by atoms with Crippen molar-refractivity contribution in [2.24, 2.45) is 5.10 Å². The molecular weight excluding hydrogens is 310 g/mol. The second kappa shape index (κ2) is 8.42. The summed E-state index contributed by atoms with van der Waals surface area (Å²) in [5.74, 6) is 0.239. The summed E-state index contributed by atoms with van der Waals surface area (Å²) in [4.78, 5) is 23.4. The van der Waals surface area contributed by atoms with Crippen molar-refractivity contribution in [1.29, 1.82) is 0 Å². The Hall–Kier alpha value is -3.23. The van der Waals surface area contributed by atoms with Crippen molar-refractivity contribution in [3.63, 3.8) is 0 Å². The molecular formula is C15H19N7O2. The monoisotopic (exact) mass is 329 g/mol. The minimum Gasteiger partial charge on any atom is -0.478 e. The number of rotatable bonds is 8. The molecule has 9 heteroatoms. The lowest BCUT2D eigenvalue weighted by molar-refractivity contribution is 0.0697. The summed E-state index contributed by atoms with van der Waals surface area (Å²) in [5, 5.41) is 19.0. The molecule has 126 valence electrons. The van der Waals surface area contributed by atoms with Crippen molar-refractivity contribution in [1.82, 2.24) is 15.0 Å². The van der Waals surface area contributed by atoms with E-state index in [9.17, 15) is 4.79 Å². The Kier molecular flexibility index (Phi) is 6.01. The number of carboxylic acids is 1. The molecule has 24 heavy (non-hydrogen) atoms. The van der Waals surface area contributed by atoms with Gasteiger partial charge in [0.05, 0.1) is 11.8 Å². The number of benzene rings is 1. The van der Waals surface area contributed by atoms with Gasteiger partial charge >= 0.3 is 5.97 Å². The topological polar surface area (TPSA) is 124 Å². The van der Waals surface area contributed by atoms with Crippen molar-refractivity contribution >= 4 is 30.0 Å². The zero-order valence-electron chi connectivity index (χ0n) is 13.4. The third-order valence-electron chi connectivity index (χ3n) is 2.84. The van der Waals surface area contributed by atoms with Crippen molar-refractivity contribution < 1.29 is 9.90 Å². The van der Waals surface area contributed by atoms with Crippen molar-refractivity contribution in [3.05, 3.63) is 35.4 Å². The molecule has 2 rings (SSSR count). The van der Waals surface area contributed by atoms with Crippen LogP contribution in [0.2, 0.25) is 0 Å². The van der Waals surface area contributed by atoms with E-state index in [4.69, 9.17) is 5.11 Å². The number of hydrogen-bond donors (Lipinski definition) is 4. The van der Waals surface area contributed by atoms with Gasteiger partial charge in [0, 0.05) is 13.1 Å². The number of hydrazone groups is 1. The molecule has 0 atom stereocenters. The van der Waals surface area contributed by atoms with Crippen LogP contribution in [0.3, 0.4) is 0 Å². The first-order valence-corrected chi connectivity index (χ1v) is 7.48. The zero-order valence-corrected chi connectivity index (χ0v) is 13.4. The Morgan fingerprint density at radius 3 is 2.08 bits per heavy atom. The average Bonchev–Trinajstić information content (AvgIpc) is 2.56. The number of aromatic carboxylic acids is 1. The molecule has 1 aromatic carbocycles. The number of nitrogens with zero attached hydrogens (tertiary/aromatic N) is 4. The van der Waals surface area contributed by atoms with Gasteiger partial charge in [-0.15, -0.1) is 0 Å². The van der Waals surface area contributed by atoms with Gasteiger partial charge in [0.1, 0.15) is 0 Å². The standard InChI is InChI=1S/C15H19N7O2/c1-3-16-13-19-14(17-4-2)21-15(20-13)22-18-9-10-5-7-11(8-6-10)12(23)24/h5-9H,3-4H2,1-2H3,(H,23,24)(H3,16,17,19,20,21,22)/b18-9+. The van der Waals surface area contributed by atoms with Gasteiger partial charge in [-0.05, 0) is 31.5 Å². The third-order valence-corrected chi connectivity index (χ3v) is 2.84. The van der Waals surface area contributed by atoms with E-state index in [0.29, 0.717) is 30.9 Å². The van der Waals surface area contributed by atoms with Crippen molar-refractivity contribution in [3.8, 4) is 0 Å². The number of carbonyl (C=O) groups is 1. The fourth-order valence-electron chi connectivity index (χ4n) is 1.78. The molecule has 0 amide bonds. The fourth-order valence-corrected chi connectivity index (χ4v) is 1.78. The summed E-state index contributed by atoms with van der Waals surface area (Å²) in [6, 6.07) is 6.35. The van der Waals surface area contributed by atoms with Crippen molar-refractivity contribution in [2.75, 3.05) is 29.1 Å². The predicted molar refractivity (Wildman–Crippen MR) is 92.8 cm³/mol. The summed E-state index contributed by atoms with van der Waals surface area (Å²) in [7, 11) is 0. The van der Waals surface area contributed by atoms with Gasteiger partial charge in [-0.2, -0.15) is 20.1 Å². The van der Waals surface area contributed by atoms with E-state index in [1.807, 2.05) is 13.8 Å². The maximum Gasteiger partial charge on any atom is 0.335 e. The molecule has 1 heterocycles. The molecule has 0 fully saturated rings. The number of aromatic nitrogens is 3. The molecule has 0 aliphatic carbocycles. The largest absolute Gasteiger partial charge is 0.478 e. The number of hydrogen-bond acceptors (Lipinski definition) is 8. The van der Waals surface area contributed by atoms with Gasteiger partial charge in [-0.25, -0.2) is 10.2 Å². The summed E-state index contributed by atoms with van der Waals surface area (Å²) in [5.41, 5.74) is 3.71. The Labute approximate surface area is 139 Å². The van der Waals surface area contributed by atoms with Gasteiger partial charge in [-0.1, -0.05) is 12.1 Å². The zero-order chi connectivity index (χ0) is 17.4. The Morgan fingerprint density at radius 1 is 1.04 bits per heavy atom. The molecule has 9 nitrogen and oxygen atoms in total. The van der Waals surface area contributed by atoms with Crippen LogP contribution < -0.4 is 16.1 Å². The van der Waals surface area contributed by atoms with Gasteiger partial charge in [0.25, 0.3) is 0 Å². The number of anilines is 3. The van der Waals surface area contributed by atoms with Crippen LogP contribution in [-0.4, -0.2) is 45.3 Å². The van der Waals surface area contributed by atoms with Crippen LogP contribution in [0.4, 0.5) is 17.8 Å². The van der Waals surface area contributed by atoms with E-state index < -0.39 is 5.97 Å². The first-order chi connectivity index (χ1) is 11.6. The molecule has 0 saturated carbocycles. The maximum atomic E-state index is 10.8. The molecule has 0 aliphatic heterocycles. The highest BCUT2D eigenvalue weighted by Gasteiger charge is 2.04. The molecule has 1 aromatic heterocycles. The normalized spacial score (nSPS) is 10.6. The first-order valence-electron chi connectivity index (χ1n) is 7.48.